The number of benzene rings is 1. The van der Waals surface area contributed by atoms with E-state index < -0.39 is 6.10 Å². The summed E-state index contributed by atoms with van der Waals surface area (Å²) in [6.07, 6.45) is 0.563. The van der Waals surface area contributed by atoms with Gasteiger partial charge in [0.25, 0.3) is 0 Å². The molecule has 0 aliphatic heterocycles. The quantitative estimate of drug-likeness (QED) is 0.823. The molecule has 2 aromatic rings. The van der Waals surface area contributed by atoms with Crippen LogP contribution in [0.25, 0.3) is 0 Å². The van der Waals surface area contributed by atoms with Gasteiger partial charge < -0.3 is 15.2 Å². The Kier molecular flexibility index (Phi) is 5.59. The van der Waals surface area contributed by atoms with Gasteiger partial charge in [0.2, 0.25) is 0 Å². The molecule has 1 atom stereocenters. The number of ether oxygens (including phenoxy) is 1. The second-order valence-corrected chi connectivity index (χ2v) is 5.64. The van der Waals surface area contributed by atoms with E-state index in [0.29, 0.717) is 6.54 Å². The summed E-state index contributed by atoms with van der Waals surface area (Å²) in [7, 11) is 1.64. The second kappa shape index (κ2) is 7.43. The molecule has 0 amide bonds. The van der Waals surface area contributed by atoms with Crippen LogP contribution in [0.2, 0.25) is 0 Å². The highest BCUT2D eigenvalue weighted by molar-refractivity contribution is 7.10. The first kappa shape index (κ1) is 15.0. The fraction of sp³-hybridized carbons (Fsp3) is 0.375. The lowest BCUT2D eigenvalue weighted by atomic mass is 10.1. The molecule has 0 saturated heterocycles. The van der Waals surface area contributed by atoms with E-state index in [9.17, 15) is 5.11 Å². The molecule has 0 spiro atoms. The largest absolute Gasteiger partial charge is 0.497 e. The molecule has 0 radical (unpaired) electrons. The summed E-state index contributed by atoms with van der Waals surface area (Å²) >= 11 is 1.77. The van der Waals surface area contributed by atoms with Crippen molar-refractivity contribution in [3.63, 3.8) is 0 Å². The molecule has 0 bridgehead atoms. The summed E-state index contributed by atoms with van der Waals surface area (Å²) in [5, 5.41) is 15.6. The number of thiophene rings is 1. The third-order valence-corrected chi connectivity index (χ3v) is 4.31. The highest BCUT2D eigenvalue weighted by atomic mass is 32.1. The second-order valence-electron chi connectivity index (χ2n) is 4.64. The lowest BCUT2D eigenvalue weighted by Gasteiger charge is -2.13. The monoisotopic (exact) mass is 291 g/mol. The Labute approximate surface area is 124 Å². The molecule has 1 heterocycles. The standard InChI is InChI=1S/C16H21NO2S/c1-3-12-8-9-20-16(12)11-17-10-15(18)13-4-6-14(19-2)7-5-13/h4-9,15,17-18H,3,10-11H2,1-2H3. The molecule has 1 aromatic heterocycles. The summed E-state index contributed by atoms with van der Waals surface area (Å²) in [5.41, 5.74) is 2.29. The van der Waals surface area contributed by atoms with Crippen LogP contribution in [0.4, 0.5) is 0 Å². The fourth-order valence-electron chi connectivity index (χ4n) is 2.10. The summed E-state index contributed by atoms with van der Waals surface area (Å²) in [6, 6.07) is 9.70. The van der Waals surface area contributed by atoms with Gasteiger partial charge >= 0.3 is 0 Å². The maximum Gasteiger partial charge on any atom is 0.118 e. The number of rotatable bonds is 7. The Balaban J connectivity index is 1.84. The first-order valence-corrected chi connectivity index (χ1v) is 7.70. The van der Waals surface area contributed by atoms with Gasteiger partial charge in [0.1, 0.15) is 5.75 Å². The third-order valence-electron chi connectivity index (χ3n) is 3.34. The van der Waals surface area contributed by atoms with Gasteiger partial charge in [-0.25, -0.2) is 0 Å². The molecule has 4 heteroatoms. The van der Waals surface area contributed by atoms with Gasteiger partial charge in [-0.1, -0.05) is 19.1 Å². The lowest BCUT2D eigenvalue weighted by molar-refractivity contribution is 0.174. The Bertz CT molecular complexity index is 522. The van der Waals surface area contributed by atoms with Crippen LogP contribution in [-0.4, -0.2) is 18.8 Å². The number of hydrogen-bond acceptors (Lipinski definition) is 4. The van der Waals surface area contributed by atoms with E-state index in [1.54, 1.807) is 18.4 Å². The zero-order valence-corrected chi connectivity index (χ0v) is 12.7. The topological polar surface area (TPSA) is 41.5 Å². The first-order valence-electron chi connectivity index (χ1n) is 6.82. The molecule has 108 valence electrons. The van der Waals surface area contributed by atoms with Crippen molar-refractivity contribution in [1.29, 1.82) is 0 Å². The molecular formula is C16H21NO2S. The smallest absolute Gasteiger partial charge is 0.118 e. The van der Waals surface area contributed by atoms with Crippen molar-refractivity contribution < 1.29 is 9.84 Å². The van der Waals surface area contributed by atoms with Crippen LogP contribution >= 0.6 is 11.3 Å². The molecule has 3 nitrogen and oxygen atoms in total. The number of nitrogens with one attached hydrogen (secondary N) is 1. The van der Waals surface area contributed by atoms with Gasteiger partial charge in [-0.15, -0.1) is 11.3 Å². The number of methoxy groups -OCH3 is 1. The molecule has 0 aliphatic rings. The Morgan fingerprint density at radius 2 is 2.00 bits per heavy atom. The van der Waals surface area contributed by atoms with Crippen molar-refractivity contribution in [3.05, 3.63) is 51.7 Å². The Morgan fingerprint density at radius 3 is 2.65 bits per heavy atom. The van der Waals surface area contributed by atoms with Gasteiger partial charge in [0.15, 0.2) is 0 Å². The van der Waals surface area contributed by atoms with Crippen molar-refractivity contribution in [3.8, 4) is 5.75 Å². The number of hydrogen-bond donors (Lipinski definition) is 2. The van der Waals surface area contributed by atoms with Crippen LogP contribution in [0.1, 0.15) is 29.0 Å². The maximum atomic E-state index is 10.1. The number of aryl methyl sites for hydroxylation is 1. The van der Waals surface area contributed by atoms with Crippen LogP contribution in [0.3, 0.4) is 0 Å². The maximum absolute atomic E-state index is 10.1. The van der Waals surface area contributed by atoms with Crippen LogP contribution in [0.5, 0.6) is 5.75 Å². The van der Waals surface area contributed by atoms with E-state index in [2.05, 4.69) is 23.7 Å². The van der Waals surface area contributed by atoms with Gasteiger partial charge in [-0.05, 0) is 41.1 Å². The van der Waals surface area contributed by atoms with Gasteiger partial charge in [0, 0.05) is 18.0 Å². The third kappa shape index (κ3) is 3.82. The van der Waals surface area contributed by atoms with E-state index in [1.165, 1.54) is 10.4 Å². The van der Waals surface area contributed by atoms with Crippen LogP contribution in [-0.2, 0) is 13.0 Å². The summed E-state index contributed by atoms with van der Waals surface area (Å²) in [5.74, 6) is 0.806. The molecule has 1 aromatic carbocycles. The van der Waals surface area contributed by atoms with Gasteiger partial charge in [0.05, 0.1) is 13.2 Å². The molecule has 1 unspecified atom stereocenters. The minimum absolute atomic E-state index is 0.494. The van der Waals surface area contributed by atoms with Crippen LogP contribution < -0.4 is 10.1 Å². The lowest BCUT2D eigenvalue weighted by Crippen LogP contribution is -2.21. The minimum Gasteiger partial charge on any atom is -0.497 e. The molecule has 2 rings (SSSR count). The number of aliphatic hydroxyl groups excluding tert-OH is 1. The Morgan fingerprint density at radius 1 is 1.25 bits per heavy atom. The summed E-state index contributed by atoms with van der Waals surface area (Å²) in [4.78, 5) is 1.36. The van der Waals surface area contributed by atoms with Crippen molar-refractivity contribution in [2.45, 2.75) is 26.0 Å². The van der Waals surface area contributed by atoms with Crippen LogP contribution in [0, 0.1) is 0 Å². The normalized spacial score (nSPS) is 12.3. The predicted octanol–water partition coefficient (Wildman–Crippen LogP) is 3.14. The van der Waals surface area contributed by atoms with Crippen molar-refractivity contribution in [1.82, 2.24) is 5.32 Å². The van der Waals surface area contributed by atoms with Gasteiger partial charge in [-0.3, -0.25) is 0 Å². The van der Waals surface area contributed by atoms with E-state index >= 15 is 0 Å². The fourth-order valence-corrected chi connectivity index (χ4v) is 3.05. The molecular weight excluding hydrogens is 270 g/mol. The molecule has 0 saturated carbocycles. The van der Waals surface area contributed by atoms with E-state index in [0.717, 1.165) is 24.3 Å². The number of aliphatic hydroxyl groups is 1. The molecule has 0 fully saturated rings. The zero-order chi connectivity index (χ0) is 14.4. The van der Waals surface area contributed by atoms with Crippen molar-refractivity contribution in [2.24, 2.45) is 0 Å². The van der Waals surface area contributed by atoms with Gasteiger partial charge in [-0.2, -0.15) is 0 Å². The highest BCUT2D eigenvalue weighted by Gasteiger charge is 2.08. The predicted molar refractivity (Wildman–Crippen MR) is 83.4 cm³/mol. The average molecular weight is 291 g/mol. The van der Waals surface area contributed by atoms with Crippen molar-refractivity contribution in [2.75, 3.05) is 13.7 Å². The SMILES string of the molecule is CCc1ccsc1CNCC(O)c1ccc(OC)cc1. The summed E-state index contributed by atoms with van der Waals surface area (Å²) < 4.78 is 5.11. The highest BCUT2D eigenvalue weighted by Crippen LogP contribution is 2.19. The van der Waals surface area contributed by atoms with Crippen molar-refractivity contribution >= 4 is 11.3 Å². The van der Waals surface area contributed by atoms with Crippen LogP contribution in [0.15, 0.2) is 35.7 Å². The van der Waals surface area contributed by atoms with E-state index in [-0.39, 0.29) is 0 Å². The average Bonchev–Trinajstić information content (AvgIpc) is 2.94. The molecule has 0 aliphatic carbocycles. The van der Waals surface area contributed by atoms with E-state index in [4.69, 9.17) is 4.74 Å². The Hall–Kier alpha value is -1.36. The zero-order valence-electron chi connectivity index (χ0n) is 11.9. The van der Waals surface area contributed by atoms with E-state index in [1.807, 2.05) is 24.3 Å². The molecule has 2 N–H and O–H groups in total. The first-order chi connectivity index (χ1) is 9.74. The molecule has 20 heavy (non-hydrogen) atoms. The minimum atomic E-state index is -0.494. The summed E-state index contributed by atoms with van der Waals surface area (Å²) in [6.45, 7) is 3.53.